The summed E-state index contributed by atoms with van der Waals surface area (Å²) in [5, 5.41) is 12.2. The number of piperidine rings is 1. The van der Waals surface area contributed by atoms with Gasteiger partial charge in [0.25, 0.3) is 0 Å². The van der Waals surface area contributed by atoms with Crippen LogP contribution < -0.4 is 10.2 Å². The van der Waals surface area contributed by atoms with E-state index < -0.39 is 5.82 Å². The molecule has 0 radical (unpaired) electrons. The van der Waals surface area contributed by atoms with Gasteiger partial charge < -0.3 is 15.0 Å². The summed E-state index contributed by atoms with van der Waals surface area (Å²) < 4.78 is 19.8. The molecule has 3 aliphatic rings. The number of nitriles is 1. The van der Waals surface area contributed by atoms with E-state index in [-0.39, 0.29) is 23.1 Å². The predicted octanol–water partition coefficient (Wildman–Crippen LogP) is 2.92. The number of nitrogens with zero attached hydrogens (tertiary/aromatic N) is 3. The van der Waals surface area contributed by atoms with Gasteiger partial charge in [-0.2, -0.15) is 5.26 Å². The molecule has 3 heterocycles. The SMILES string of the molecule is N#Cc1cnc(N2CCC(C3(NC(=O)CCC4CCCO4)CC3)CC2)c(F)c1. The van der Waals surface area contributed by atoms with E-state index >= 15 is 0 Å². The van der Waals surface area contributed by atoms with Crippen LogP contribution >= 0.6 is 0 Å². The zero-order chi connectivity index (χ0) is 19.6. The van der Waals surface area contributed by atoms with Crippen molar-refractivity contribution < 1.29 is 13.9 Å². The fourth-order valence-corrected chi connectivity index (χ4v) is 4.64. The summed E-state index contributed by atoms with van der Waals surface area (Å²) in [5.41, 5.74) is 0.176. The number of nitrogens with one attached hydrogen (secondary N) is 1. The van der Waals surface area contributed by atoms with Gasteiger partial charge in [-0.15, -0.1) is 0 Å². The van der Waals surface area contributed by atoms with Gasteiger partial charge in [-0.3, -0.25) is 4.79 Å². The topological polar surface area (TPSA) is 78.3 Å². The number of carbonyl (C=O) groups is 1. The van der Waals surface area contributed by atoms with Gasteiger partial charge in [0.15, 0.2) is 11.6 Å². The lowest BCUT2D eigenvalue weighted by Gasteiger charge is -2.37. The van der Waals surface area contributed by atoms with E-state index in [0.717, 1.165) is 51.6 Å². The summed E-state index contributed by atoms with van der Waals surface area (Å²) in [6.07, 6.45) is 9.07. The third kappa shape index (κ3) is 4.12. The first kappa shape index (κ1) is 19.1. The molecule has 1 unspecified atom stereocenters. The number of rotatable bonds is 6. The zero-order valence-electron chi connectivity index (χ0n) is 16.1. The zero-order valence-corrected chi connectivity index (χ0v) is 16.1. The maximum atomic E-state index is 14.2. The average molecular weight is 386 g/mol. The Morgan fingerprint density at radius 1 is 1.39 bits per heavy atom. The van der Waals surface area contributed by atoms with Crippen molar-refractivity contribution >= 4 is 11.7 Å². The third-order valence-electron chi connectivity index (χ3n) is 6.42. The van der Waals surface area contributed by atoms with Crippen LogP contribution in [0.1, 0.15) is 56.9 Å². The minimum Gasteiger partial charge on any atom is -0.378 e. The van der Waals surface area contributed by atoms with Gasteiger partial charge in [0, 0.05) is 37.9 Å². The van der Waals surface area contributed by atoms with Crippen molar-refractivity contribution in [2.75, 3.05) is 24.6 Å². The number of carbonyl (C=O) groups excluding carboxylic acids is 1. The number of halogens is 1. The fourth-order valence-electron chi connectivity index (χ4n) is 4.64. The molecule has 1 amide bonds. The second kappa shape index (κ2) is 8.04. The van der Waals surface area contributed by atoms with Crippen molar-refractivity contribution in [3.05, 3.63) is 23.6 Å². The van der Waals surface area contributed by atoms with Crippen LogP contribution in [0.4, 0.5) is 10.2 Å². The Balaban J connectivity index is 1.28. The first-order chi connectivity index (χ1) is 13.6. The number of aromatic nitrogens is 1. The van der Waals surface area contributed by atoms with Crippen molar-refractivity contribution in [3.8, 4) is 6.07 Å². The number of ether oxygens (including phenoxy) is 1. The van der Waals surface area contributed by atoms with E-state index in [1.807, 2.05) is 11.0 Å². The molecule has 6 nitrogen and oxygen atoms in total. The molecular formula is C21H27FN4O2. The van der Waals surface area contributed by atoms with Gasteiger partial charge >= 0.3 is 0 Å². The molecule has 1 aromatic rings. The van der Waals surface area contributed by atoms with Crippen molar-refractivity contribution in [1.82, 2.24) is 10.3 Å². The van der Waals surface area contributed by atoms with Crippen LogP contribution in [0.3, 0.4) is 0 Å². The van der Waals surface area contributed by atoms with E-state index in [4.69, 9.17) is 10.00 Å². The Morgan fingerprint density at radius 2 is 2.18 bits per heavy atom. The molecule has 0 aromatic carbocycles. The summed E-state index contributed by atoms with van der Waals surface area (Å²) in [6, 6.07) is 3.15. The molecule has 2 aliphatic heterocycles. The highest BCUT2D eigenvalue weighted by molar-refractivity contribution is 5.77. The Morgan fingerprint density at radius 3 is 2.79 bits per heavy atom. The molecule has 150 valence electrons. The van der Waals surface area contributed by atoms with Crippen LogP contribution in [-0.2, 0) is 9.53 Å². The highest BCUT2D eigenvalue weighted by Crippen LogP contribution is 2.47. The van der Waals surface area contributed by atoms with Gasteiger partial charge in [-0.05, 0) is 56.9 Å². The summed E-state index contributed by atoms with van der Waals surface area (Å²) in [5.74, 6) is 0.441. The third-order valence-corrected chi connectivity index (χ3v) is 6.42. The summed E-state index contributed by atoms with van der Waals surface area (Å²) in [7, 11) is 0. The number of hydrogen-bond donors (Lipinski definition) is 1. The molecule has 7 heteroatoms. The molecule has 1 aromatic heterocycles. The molecule has 2 saturated heterocycles. The molecule has 28 heavy (non-hydrogen) atoms. The highest BCUT2D eigenvalue weighted by atomic mass is 19.1. The van der Waals surface area contributed by atoms with Crippen LogP contribution in [0.15, 0.2) is 12.3 Å². The Kier molecular flexibility index (Phi) is 5.49. The quantitative estimate of drug-likeness (QED) is 0.813. The molecule has 1 N–H and O–H groups in total. The van der Waals surface area contributed by atoms with Crippen molar-refractivity contribution in [3.63, 3.8) is 0 Å². The Hall–Kier alpha value is -2.20. The number of anilines is 1. The summed E-state index contributed by atoms with van der Waals surface area (Å²) in [6.45, 7) is 2.26. The lowest BCUT2D eigenvalue weighted by Crippen LogP contribution is -2.47. The van der Waals surface area contributed by atoms with Gasteiger partial charge in [0.1, 0.15) is 6.07 Å². The smallest absolute Gasteiger partial charge is 0.220 e. The second-order valence-electron chi connectivity index (χ2n) is 8.28. The largest absolute Gasteiger partial charge is 0.378 e. The maximum absolute atomic E-state index is 14.2. The Labute approximate surface area is 165 Å². The molecule has 0 spiro atoms. The van der Waals surface area contributed by atoms with E-state index in [1.54, 1.807) is 0 Å². The molecule has 1 atom stereocenters. The lowest BCUT2D eigenvalue weighted by atomic mass is 9.87. The lowest BCUT2D eigenvalue weighted by molar-refractivity contribution is -0.123. The van der Waals surface area contributed by atoms with Crippen LogP contribution in [0, 0.1) is 23.1 Å². The van der Waals surface area contributed by atoms with E-state index in [0.29, 0.717) is 31.2 Å². The van der Waals surface area contributed by atoms with E-state index in [9.17, 15) is 9.18 Å². The van der Waals surface area contributed by atoms with Gasteiger partial charge in [-0.1, -0.05) is 0 Å². The fraction of sp³-hybridized carbons (Fsp3) is 0.667. The molecule has 1 aliphatic carbocycles. The molecular weight excluding hydrogens is 359 g/mol. The standard InChI is InChI=1S/C21H27FN4O2/c22-18-12-15(13-23)14-24-20(18)26-9-5-16(6-10-26)21(7-8-21)25-19(27)4-3-17-2-1-11-28-17/h12,14,16-17H,1-11H2,(H,25,27). The number of pyridine rings is 1. The van der Waals surface area contributed by atoms with Crippen LogP contribution in [0.2, 0.25) is 0 Å². The van der Waals surface area contributed by atoms with Crippen LogP contribution in [-0.4, -0.2) is 42.2 Å². The predicted molar refractivity (Wildman–Crippen MR) is 102 cm³/mol. The van der Waals surface area contributed by atoms with Crippen molar-refractivity contribution in [2.45, 2.75) is 63.0 Å². The minimum atomic E-state index is -0.443. The van der Waals surface area contributed by atoms with Crippen LogP contribution in [0.25, 0.3) is 0 Å². The molecule has 0 bridgehead atoms. The second-order valence-corrected chi connectivity index (χ2v) is 8.28. The first-order valence-corrected chi connectivity index (χ1v) is 10.3. The van der Waals surface area contributed by atoms with Crippen molar-refractivity contribution in [1.29, 1.82) is 5.26 Å². The van der Waals surface area contributed by atoms with Crippen molar-refractivity contribution in [2.24, 2.45) is 5.92 Å². The summed E-state index contributed by atoms with van der Waals surface area (Å²) >= 11 is 0. The van der Waals surface area contributed by atoms with Gasteiger partial charge in [0.05, 0.1) is 11.7 Å². The molecule has 4 rings (SSSR count). The minimum absolute atomic E-state index is 0.0592. The Bertz CT molecular complexity index is 760. The monoisotopic (exact) mass is 386 g/mol. The maximum Gasteiger partial charge on any atom is 0.220 e. The number of amides is 1. The normalized spacial score (nSPS) is 24.0. The van der Waals surface area contributed by atoms with Gasteiger partial charge in [0.2, 0.25) is 5.91 Å². The first-order valence-electron chi connectivity index (χ1n) is 10.3. The molecule has 1 saturated carbocycles. The number of hydrogen-bond acceptors (Lipinski definition) is 5. The van der Waals surface area contributed by atoms with E-state index in [2.05, 4.69) is 10.3 Å². The van der Waals surface area contributed by atoms with Gasteiger partial charge in [-0.25, -0.2) is 9.37 Å². The summed E-state index contributed by atoms with van der Waals surface area (Å²) in [4.78, 5) is 18.5. The molecule has 3 fully saturated rings. The van der Waals surface area contributed by atoms with E-state index in [1.165, 1.54) is 12.3 Å². The van der Waals surface area contributed by atoms with Crippen LogP contribution in [0.5, 0.6) is 0 Å². The highest BCUT2D eigenvalue weighted by Gasteiger charge is 2.50. The average Bonchev–Trinajstić information content (AvgIpc) is 3.29.